The summed E-state index contributed by atoms with van der Waals surface area (Å²) in [5.74, 6) is -0.426. The minimum Gasteiger partial charge on any atom is -0.395 e. The fraction of sp³-hybridized carbons (Fsp3) is 0.720. The number of hydrogen-bond acceptors (Lipinski definition) is 4. The van der Waals surface area contributed by atoms with Crippen LogP contribution in [0.25, 0.3) is 0 Å². The summed E-state index contributed by atoms with van der Waals surface area (Å²) in [4.78, 5) is 39.1. The van der Waals surface area contributed by atoms with Crippen molar-refractivity contribution in [2.75, 3.05) is 13.2 Å². The third kappa shape index (κ3) is 6.00. The van der Waals surface area contributed by atoms with Gasteiger partial charge < -0.3 is 20.3 Å². The quantitative estimate of drug-likeness (QED) is 0.601. The first-order chi connectivity index (χ1) is 15.3. The lowest BCUT2D eigenvalue weighted by atomic mass is 9.88. The third-order valence-corrected chi connectivity index (χ3v) is 6.90. The Morgan fingerprint density at radius 1 is 1.06 bits per heavy atom. The van der Waals surface area contributed by atoms with Gasteiger partial charge in [0.2, 0.25) is 5.91 Å². The summed E-state index contributed by atoms with van der Waals surface area (Å²) in [6, 6.07) is 1.78. The van der Waals surface area contributed by atoms with Gasteiger partial charge in [0.25, 0.3) is 11.5 Å². The second-order valence-corrected chi connectivity index (χ2v) is 9.92. The Labute approximate surface area is 191 Å². The second-order valence-electron chi connectivity index (χ2n) is 9.92. The predicted octanol–water partition coefficient (Wildman–Crippen LogP) is 2.70. The molecule has 7 nitrogen and oxygen atoms in total. The molecule has 0 radical (unpaired) electrons. The van der Waals surface area contributed by atoms with E-state index in [2.05, 4.69) is 10.6 Å². The SMILES string of the molecule is CC(C)(NC(=O)c1cc2c(n(CC3CCCCC3)c1=O)CCCCCC2)C(=O)NCCO. The van der Waals surface area contributed by atoms with Gasteiger partial charge in [0.15, 0.2) is 0 Å². The van der Waals surface area contributed by atoms with Gasteiger partial charge in [-0.25, -0.2) is 0 Å². The number of aliphatic hydroxyl groups excluding tert-OH is 1. The minimum atomic E-state index is -1.20. The molecule has 1 heterocycles. The Bertz CT molecular complexity index is 869. The lowest BCUT2D eigenvalue weighted by Crippen LogP contribution is -2.56. The van der Waals surface area contributed by atoms with Gasteiger partial charge >= 0.3 is 0 Å². The van der Waals surface area contributed by atoms with Gasteiger partial charge in [-0.3, -0.25) is 14.4 Å². The topological polar surface area (TPSA) is 100 Å². The van der Waals surface area contributed by atoms with Crippen LogP contribution >= 0.6 is 0 Å². The van der Waals surface area contributed by atoms with E-state index < -0.39 is 17.4 Å². The van der Waals surface area contributed by atoms with Crippen molar-refractivity contribution in [1.29, 1.82) is 0 Å². The Morgan fingerprint density at radius 3 is 2.41 bits per heavy atom. The van der Waals surface area contributed by atoms with Crippen molar-refractivity contribution < 1.29 is 14.7 Å². The van der Waals surface area contributed by atoms with Gasteiger partial charge in [0.1, 0.15) is 11.1 Å². The lowest BCUT2D eigenvalue weighted by molar-refractivity contribution is -0.126. The van der Waals surface area contributed by atoms with Crippen LogP contribution < -0.4 is 16.2 Å². The van der Waals surface area contributed by atoms with Crippen LogP contribution in [-0.4, -0.2) is 40.2 Å². The van der Waals surface area contributed by atoms with Crippen LogP contribution in [0.3, 0.4) is 0 Å². The fourth-order valence-electron chi connectivity index (χ4n) is 5.02. The summed E-state index contributed by atoms with van der Waals surface area (Å²) < 4.78 is 1.89. The molecule has 0 atom stereocenters. The molecule has 32 heavy (non-hydrogen) atoms. The molecular formula is C25H39N3O4. The number of hydrogen-bond donors (Lipinski definition) is 3. The highest BCUT2D eigenvalue weighted by Crippen LogP contribution is 2.27. The highest BCUT2D eigenvalue weighted by atomic mass is 16.3. The number of amides is 2. The molecule has 1 fully saturated rings. The van der Waals surface area contributed by atoms with E-state index in [-0.39, 0.29) is 24.3 Å². The van der Waals surface area contributed by atoms with Gasteiger partial charge in [-0.2, -0.15) is 0 Å². The van der Waals surface area contributed by atoms with Crippen LogP contribution in [0, 0.1) is 5.92 Å². The number of carbonyl (C=O) groups is 2. The summed E-state index contributed by atoms with van der Waals surface area (Å²) >= 11 is 0. The minimum absolute atomic E-state index is 0.116. The molecule has 0 aromatic carbocycles. The Morgan fingerprint density at radius 2 is 1.72 bits per heavy atom. The van der Waals surface area contributed by atoms with E-state index in [1.54, 1.807) is 19.9 Å². The molecular weight excluding hydrogens is 406 g/mol. The van der Waals surface area contributed by atoms with Crippen molar-refractivity contribution in [3.05, 3.63) is 33.2 Å². The zero-order valence-electron chi connectivity index (χ0n) is 19.7. The van der Waals surface area contributed by atoms with Crippen LogP contribution in [0.2, 0.25) is 0 Å². The van der Waals surface area contributed by atoms with Gasteiger partial charge in [0, 0.05) is 18.8 Å². The largest absolute Gasteiger partial charge is 0.395 e. The molecule has 1 aromatic heterocycles. The molecule has 1 saturated carbocycles. The number of aryl methyl sites for hydroxylation is 1. The monoisotopic (exact) mass is 445 g/mol. The summed E-state index contributed by atoms with van der Waals surface area (Å²) in [5, 5.41) is 14.3. The fourth-order valence-corrected chi connectivity index (χ4v) is 5.02. The molecule has 0 saturated heterocycles. The van der Waals surface area contributed by atoms with E-state index in [1.165, 1.54) is 32.1 Å². The first-order valence-corrected chi connectivity index (χ1v) is 12.3. The van der Waals surface area contributed by atoms with E-state index in [4.69, 9.17) is 5.11 Å². The van der Waals surface area contributed by atoms with Gasteiger partial charge in [-0.15, -0.1) is 0 Å². The summed E-state index contributed by atoms with van der Waals surface area (Å²) in [6.07, 6.45) is 12.2. The van der Waals surface area contributed by atoms with Crippen LogP contribution in [0.15, 0.2) is 10.9 Å². The average molecular weight is 446 g/mol. The number of rotatable bonds is 7. The predicted molar refractivity (Wildman–Crippen MR) is 125 cm³/mol. The smallest absolute Gasteiger partial charge is 0.263 e. The van der Waals surface area contributed by atoms with Crippen molar-refractivity contribution in [3.8, 4) is 0 Å². The molecule has 3 rings (SSSR count). The molecule has 1 aromatic rings. The van der Waals surface area contributed by atoms with Crippen LogP contribution in [-0.2, 0) is 24.2 Å². The van der Waals surface area contributed by atoms with Crippen LogP contribution in [0.1, 0.15) is 93.3 Å². The molecule has 0 unspecified atom stereocenters. The van der Waals surface area contributed by atoms with Crippen molar-refractivity contribution in [2.24, 2.45) is 5.92 Å². The zero-order valence-corrected chi connectivity index (χ0v) is 19.7. The number of pyridine rings is 1. The van der Waals surface area contributed by atoms with Gasteiger partial charge in [0.05, 0.1) is 6.61 Å². The zero-order chi connectivity index (χ0) is 23.1. The number of carbonyl (C=O) groups excluding carboxylic acids is 2. The maximum absolute atomic E-state index is 13.6. The lowest BCUT2D eigenvalue weighted by Gasteiger charge is -2.28. The highest BCUT2D eigenvalue weighted by molar-refractivity contribution is 5.98. The normalized spacial score (nSPS) is 17.7. The van der Waals surface area contributed by atoms with Crippen LogP contribution in [0.4, 0.5) is 0 Å². The molecule has 0 spiro atoms. The number of fused-ring (bicyclic) bond motifs is 1. The van der Waals surface area contributed by atoms with Crippen LogP contribution in [0.5, 0.6) is 0 Å². The van der Waals surface area contributed by atoms with Gasteiger partial charge in [-0.1, -0.05) is 32.1 Å². The summed E-state index contributed by atoms with van der Waals surface area (Å²) in [7, 11) is 0. The Hall–Kier alpha value is -2.15. The van der Waals surface area contributed by atoms with Crippen molar-refractivity contribution in [1.82, 2.24) is 15.2 Å². The molecule has 178 valence electrons. The Balaban J connectivity index is 1.93. The number of aliphatic hydroxyl groups is 1. The average Bonchev–Trinajstić information content (AvgIpc) is 2.75. The first kappa shape index (κ1) is 24.5. The van der Waals surface area contributed by atoms with Gasteiger partial charge in [-0.05, 0) is 69.9 Å². The maximum atomic E-state index is 13.6. The van der Waals surface area contributed by atoms with E-state index in [1.807, 2.05) is 4.57 Å². The molecule has 7 heteroatoms. The van der Waals surface area contributed by atoms with Crippen molar-refractivity contribution >= 4 is 11.8 Å². The highest BCUT2D eigenvalue weighted by Gasteiger charge is 2.31. The van der Waals surface area contributed by atoms with E-state index in [0.717, 1.165) is 49.8 Å². The van der Waals surface area contributed by atoms with E-state index in [9.17, 15) is 14.4 Å². The van der Waals surface area contributed by atoms with Crippen molar-refractivity contribution in [3.63, 3.8) is 0 Å². The Kier molecular flexibility index (Phi) is 8.51. The van der Waals surface area contributed by atoms with E-state index in [0.29, 0.717) is 12.5 Å². The number of aromatic nitrogens is 1. The molecule has 2 aliphatic carbocycles. The first-order valence-electron chi connectivity index (χ1n) is 12.3. The molecule has 0 aliphatic heterocycles. The maximum Gasteiger partial charge on any atom is 0.263 e. The molecule has 2 amide bonds. The molecule has 2 aliphatic rings. The number of nitrogens with zero attached hydrogens (tertiary/aromatic N) is 1. The number of nitrogens with one attached hydrogen (secondary N) is 2. The summed E-state index contributed by atoms with van der Waals surface area (Å²) in [6.45, 7) is 3.83. The standard InChI is InChI=1S/C25H39N3O4/c1-25(2,24(32)26-14-15-29)27-22(30)20-16-19-12-8-3-4-9-13-21(19)28(23(20)31)17-18-10-6-5-7-11-18/h16,18,29H,3-15,17H2,1-2H3,(H,26,32)(H,27,30). The third-order valence-electron chi connectivity index (χ3n) is 6.90. The van der Waals surface area contributed by atoms with E-state index >= 15 is 0 Å². The molecule has 0 bridgehead atoms. The van der Waals surface area contributed by atoms with Crippen molar-refractivity contribution in [2.45, 2.75) is 96.6 Å². The summed E-state index contributed by atoms with van der Waals surface area (Å²) in [5.41, 5.74) is 0.906. The second kappa shape index (κ2) is 11.1. The molecule has 3 N–H and O–H groups in total.